The molecule has 1 unspecified atom stereocenters. The molecular weight excluding hydrogens is 422 g/mol. The highest BCUT2D eigenvalue weighted by molar-refractivity contribution is 7.98. The van der Waals surface area contributed by atoms with Gasteiger partial charge in [0.2, 0.25) is 0 Å². The van der Waals surface area contributed by atoms with E-state index in [1.165, 1.54) is 0 Å². The van der Waals surface area contributed by atoms with Crippen molar-refractivity contribution in [2.45, 2.75) is 23.6 Å². The summed E-state index contributed by atoms with van der Waals surface area (Å²) in [5.41, 5.74) is 3.42. The molecule has 4 rings (SSSR count). The number of hydrogen-bond donors (Lipinski definition) is 0. The van der Waals surface area contributed by atoms with Crippen LogP contribution < -0.4 is 0 Å². The normalized spacial score (nSPS) is 11.8. The van der Waals surface area contributed by atoms with E-state index >= 15 is 0 Å². The Morgan fingerprint density at radius 2 is 1.81 bits per heavy atom. The van der Waals surface area contributed by atoms with Gasteiger partial charge < -0.3 is 4.90 Å². The molecule has 0 bridgehead atoms. The summed E-state index contributed by atoms with van der Waals surface area (Å²) in [6, 6.07) is 25.3. The molecule has 4 nitrogen and oxygen atoms in total. The van der Waals surface area contributed by atoms with E-state index in [0.717, 1.165) is 31.4 Å². The summed E-state index contributed by atoms with van der Waals surface area (Å²) in [7, 11) is 1.83. The molecule has 0 spiro atoms. The van der Waals surface area contributed by atoms with Crippen LogP contribution in [0.2, 0.25) is 0 Å². The molecule has 0 aliphatic carbocycles. The van der Waals surface area contributed by atoms with Gasteiger partial charge in [0.15, 0.2) is 0 Å². The fraction of sp³-hybridized carbons (Fsp3) is 0.160. The standard InChI is InChI=1S/C25H21N3OS2/c1-17(24-27-21-8-4-6-10-23(21)31-24)28(2)25(29)20-7-3-5-9-22(20)30-16-19-13-11-18(15-26)12-14-19/h3-14,17H,16H2,1-2H3. The number of nitriles is 1. The van der Waals surface area contributed by atoms with Gasteiger partial charge in [-0.05, 0) is 48.9 Å². The summed E-state index contributed by atoms with van der Waals surface area (Å²) in [5.74, 6) is 0.710. The SMILES string of the molecule is CC(c1nc2ccccc2s1)N(C)C(=O)c1ccccc1SCc1ccc(C#N)cc1. The number of benzene rings is 3. The van der Waals surface area contributed by atoms with Crippen molar-refractivity contribution in [2.24, 2.45) is 0 Å². The van der Waals surface area contributed by atoms with Crippen LogP contribution >= 0.6 is 23.1 Å². The summed E-state index contributed by atoms with van der Waals surface area (Å²) in [4.78, 5) is 20.8. The molecule has 0 N–H and O–H groups in total. The Morgan fingerprint density at radius 3 is 2.55 bits per heavy atom. The molecule has 1 atom stereocenters. The van der Waals surface area contributed by atoms with Crippen molar-refractivity contribution < 1.29 is 4.79 Å². The molecule has 0 fully saturated rings. The fourth-order valence-corrected chi connectivity index (χ4v) is 5.27. The predicted octanol–water partition coefficient (Wildman–Crippen LogP) is 6.29. The van der Waals surface area contributed by atoms with Gasteiger partial charge in [0.1, 0.15) is 5.01 Å². The van der Waals surface area contributed by atoms with E-state index in [4.69, 9.17) is 10.2 Å². The number of nitrogens with zero attached hydrogens (tertiary/aromatic N) is 3. The van der Waals surface area contributed by atoms with Crippen molar-refractivity contribution in [3.05, 3.63) is 94.5 Å². The van der Waals surface area contributed by atoms with Crippen molar-refractivity contribution >= 4 is 39.2 Å². The van der Waals surface area contributed by atoms with Crippen LogP contribution in [0.1, 0.15) is 39.5 Å². The Labute approximate surface area is 190 Å². The Hall–Kier alpha value is -3.14. The Balaban J connectivity index is 1.51. The highest BCUT2D eigenvalue weighted by Gasteiger charge is 2.23. The molecule has 1 amide bonds. The van der Waals surface area contributed by atoms with Crippen molar-refractivity contribution in [2.75, 3.05) is 7.05 Å². The molecule has 0 aliphatic heterocycles. The Morgan fingerprint density at radius 1 is 1.10 bits per heavy atom. The van der Waals surface area contributed by atoms with Crippen LogP contribution in [-0.4, -0.2) is 22.8 Å². The van der Waals surface area contributed by atoms with Crippen molar-refractivity contribution in [3.8, 4) is 6.07 Å². The first-order valence-corrected chi connectivity index (χ1v) is 11.7. The Kier molecular flexibility index (Phi) is 6.36. The minimum atomic E-state index is -0.124. The van der Waals surface area contributed by atoms with E-state index in [2.05, 4.69) is 12.1 Å². The number of amides is 1. The number of fused-ring (bicyclic) bond motifs is 1. The summed E-state index contributed by atoms with van der Waals surface area (Å²) in [5, 5.41) is 9.88. The minimum absolute atomic E-state index is 0.0188. The van der Waals surface area contributed by atoms with E-state index in [0.29, 0.717) is 11.1 Å². The molecular formula is C25H21N3OS2. The topological polar surface area (TPSA) is 57.0 Å². The molecule has 0 saturated heterocycles. The number of hydrogen-bond acceptors (Lipinski definition) is 5. The minimum Gasteiger partial charge on any atom is -0.332 e. The first-order valence-electron chi connectivity index (χ1n) is 9.90. The summed E-state index contributed by atoms with van der Waals surface area (Å²) >= 11 is 3.26. The second-order valence-electron chi connectivity index (χ2n) is 7.21. The third-order valence-electron chi connectivity index (χ3n) is 5.16. The quantitative estimate of drug-likeness (QED) is 0.328. The van der Waals surface area contributed by atoms with Crippen LogP contribution in [0.5, 0.6) is 0 Å². The number of carbonyl (C=O) groups excluding carboxylic acids is 1. The molecule has 4 aromatic rings. The molecule has 154 valence electrons. The van der Waals surface area contributed by atoms with Crippen LogP contribution in [0.25, 0.3) is 10.2 Å². The van der Waals surface area contributed by atoms with Gasteiger partial charge in [0.05, 0.1) is 33.5 Å². The van der Waals surface area contributed by atoms with Crippen LogP contribution in [0, 0.1) is 11.3 Å². The van der Waals surface area contributed by atoms with Gasteiger partial charge in [-0.1, -0.05) is 36.4 Å². The molecule has 1 heterocycles. The van der Waals surface area contributed by atoms with Crippen molar-refractivity contribution in [1.82, 2.24) is 9.88 Å². The van der Waals surface area contributed by atoms with E-state index < -0.39 is 0 Å². The van der Waals surface area contributed by atoms with E-state index in [9.17, 15) is 4.79 Å². The van der Waals surface area contributed by atoms with E-state index in [-0.39, 0.29) is 11.9 Å². The zero-order valence-corrected chi connectivity index (χ0v) is 18.9. The average molecular weight is 444 g/mol. The summed E-state index contributed by atoms with van der Waals surface area (Å²) < 4.78 is 1.13. The highest BCUT2D eigenvalue weighted by atomic mass is 32.2. The molecule has 31 heavy (non-hydrogen) atoms. The summed E-state index contributed by atoms with van der Waals surface area (Å²) in [6.45, 7) is 2.02. The maximum atomic E-state index is 13.3. The number of rotatable bonds is 6. The lowest BCUT2D eigenvalue weighted by Crippen LogP contribution is -2.30. The Bertz CT molecular complexity index is 1220. The molecule has 3 aromatic carbocycles. The smallest absolute Gasteiger partial charge is 0.255 e. The molecule has 0 saturated carbocycles. The van der Waals surface area contributed by atoms with Gasteiger partial charge in [0, 0.05) is 17.7 Å². The first kappa shape index (κ1) is 21.1. The highest BCUT2D eigenvalue weighted by Crippen LogP contribution is 2.32. The number of aromatic nitrogens is 1. The zero-order valence-electron chi connectivity index (χ0n) is 17.3. The lowest BCUT2D eigenvalue weighted by molar-refractivity contribution is 0.0739. The largest absolute Gasteiger partial charge is 0.332 e. The van der Waals surface area contributed by atoms with Gasteiger partial charge in [-0.2, -0.15) is 5.26 Å². The van der Waals surface area contributed by atoms with Gasteiger partial charge in [-0.3, -0.25) is 4.79 Å². The maximum Gasteiger partial charge on any atom is 0.255 e. The third-order valence-corrected chi connectivity index (χ3v) is 7.52. The molecule has 0 aliphatic rings. The number of thioether (sulfide) groups is 1. The third kappa shape index (κ3) is 4.63. The van der Waals surface area contributed by atoms with Crippen molar-refractivity contribution in [1.29, 1.82) is 5.26 Å². The maximum absolute atomic E-state index is 13.3. The van der Waals surface area contributed by atoms with Crippen LogP contribution in [0.4, 0.5) is 0 Å². The predicted molar refractivity (Wildman–Crippen MR) is 127 cm³/mol. The monoisotopic (exact) mass is 443 g/mol. The van der Waals surface area contributed by atoms with Crippen molar-refractivity contribution in [3.63, 3.8) is 0 Å². The molecule has 6 heteroatoms. The van der Waals surface area contributed by atoms with E-state index in [1.54, 1.807) is 28.0 Å². The lowest BCUT2D eigenvalue weighted by atomic mass is 10.1. The van der Waals surface area contributed by atoms with Gasteiger partial charge in [0.25, 0.3) is 5.91 Å². The molecule has 0 radical (unpaired) electrons. The first-order chi connectivity index (χ1) is 15.1. The van der Waals surface area contributed by atoms with Gasteiger partial charge in [-0.15, -0.1) is 23.1 Å². The van der Waals surface area contributed by atoms with E-state index in [1.807, 2.05) is 80.7 Å². The van der Waals surface area contributed by atoms with Crippen LogP contribution in [0.15, 0.2) is 77.7 Å². The lowest BCUT2D eigenvalue weighted by Gasteiger charge is -2.24. The summed E-state index contributed by atoms with van der Waals surface area (Å²) in [6.07, 6.45) is 0. The zero-order chi connectivity index (χ0) is 21.8. The van der Waals surface area contributed by atoms with Gasteiger partial charge in [-0.25, -0.2) is 4.98 Å². The number of thiazole rings is 1. The van der Waals surface area contributed by atoms with Gasteiger partial charge >= 0.3 is 0 Å². The second-order valence-corrected chi connectivity index (χ2v) is 9.28. The fourth-order valence-electron chi connectivity index (χ4n) is 3.21. The number of carbonyl (C=O) groups is 1. The second kappa shape index (κ2) is 9.34. The van der Waals surface area contributed by atoms with Crippen LogP contribution in [-0.2, 0) is 5.75 Å². The van der Waals surface area contributed by atoms with Crippen LogP contribution in [0.3, 0.4) is 0 Å². The average Bonchev–Trinajstić information content (AvgIpc) is 3.26. The molecule has 1 aromatic heterocycles. The number of para-hydroxylation sites is 1.